The lowest BCUT2D eigenvalue weighted by Crippen LogP contribution is -2.51. The molecule has 0 unspecified atom stereocenters. The Kier molecular flexibility index (Phi) is 10.7. The molecule has 0 heterocycles. The molecule has 2 atom stereocenters. The molecule has 0 spiro atoms. The van der Waals surface area contributed by atoms with E-state index in [2.05, 4.69) is 5.43 Å². The Morgan fingerprint density at radius 1 is 0.762 bits per heavy atom. The van der Waals surface area contributed by atoms with Crippen LogP contribution in [0.15, 0.2) is 72.8 Å². The lowest BCUT2D eigenvalue weighted by molar-refractivity contribution is -0.176. The van der Waals surface area contributed by atoms with E-state index < -0.39 is 53.2 Å². The molecule has 0 saturated carbocycles. The third kappa shape index (κ3) is 10.2. The van der Waals surface area contributed by atoms with Crippen LogP contribution in [0.5, 0.6) is 0 Å². The van der Waals surface area contributed by atoms with Crippen molar-refractivity contribution >= 4 is 24.1 Å². The van der Waals surface area contributed by atoms with E-state index in [1.165, 1.54) is 0 Å². The Balaban J connectivity index is 1.78. The second kappa shape index (κ2) is 14.0. The highest BCUT2D eigenvalue weighted by Crippen LogP contribution is 2.32. The molecule has 2 aromatic rings. The van der Waals surface area contributed by atoms with Crippen LogP contribution in [0.4, 0.5) is 9.59 Å². The quantitative estimate of drug-likeness (QED) is 0.139. The van der Waals surface area contributed by atoms with Gasteiger partial charge in [0.2, 0.25) is 0 Å². The van der Waals surface area contributed by atoms with Crippen molar-refractivity contribution in [1.29, 1.82) is 0 Å². The van der Waals surface area contributed by atoms with E-state index in [9.17, 15) is 19.2 Å². The van der Waals surface area contributed by atoms with Gasteiger partial charge in [-0.2, -0.15) is 0 Å². The summed E-state index contributed by atoms with van der Waals surface area (Å²) in [5.41, 5.74) is 2.32. The van der Waals surface area contributed by atoms with E-state index in [1.54, 1.807) is 78.0 Å². The van der Waals surface area contributed by atoms with Gasteiger partial charge in [0.25, 0.3) is 0 Å². The summed E-state index contributed by atoms with van der Waals surface area (Å²) in [4.78, 5) is 52.4. The van der Waals surface area contributed by atoms with Crippen LogP contribution in [0.2, 0.25) is 0 Å². The third-order valence-corrected chi connectivity index (χ3v) is 6.00. The Morgan fingerprint density at radius 2 is 1.24 bits per heavy atom. The maximum Gasteiger partial charge on any atom is 0.429 e. The normalized spacial score (nSPS) is 16.5. The van der Waals surface area contributed by atoms with Crippen molar-refractivity contribution in [3.8, 4) is 0 Å². The van der Waals surface area contributed by atoms with Gasteiger partial charge in [0.1, 0.15) is 24.4 Å². The molecule has 10 nitrogen and oxygen atoms in total. The molecular formula is C32H40N2O8. The molecule has 0 fully saturated rings. The molecule has 10 heteroatoms. The van der Waals surface area contributed by atoms with Gasteiger partial charge in [0.15, 0.2) is 5.92 Å². The molecule has 2 amide bonds. The van der Waals surface area contributed by atoms with E-state index in [-0.39, 0.29) is 19.6 Å². The molecule has 1 aliphatic rings. The van der Waals surface area contributed by atoms with Gasteiger partial charge < -0.3 is 18.9 Å². The van der Waals surface area contributed by atoms with Crippen molar-refractivity contribution in [2.75, 3.05) is 0 Å². The lowest BCUT2D eigenvalue weighted by Gasteiger charge is -2.30. The standard InChI is InChI=1S/C32H40N2O8/c1-31(2,3)41-27(35)26(28(36)42-32(4,5)6)24-17-18-25(19-24)34(30(38)40-21-23-15-11-8-12-16-23)33-29(37)39-20-22-13-9-7-10-14-22/h7-18,24-26H,19-21H2,1-6H3,(H,33,37)/t24-,25+/m0/s1. The third-order valence-electron chi connectivity index (χ3n) is 6.00. The first-order chi connectivity index (χ1) is 19.7. The van der Waals surface area contributed by atoms with Crippen LogP contribution in [0, 0.1) is 11.8 Å². The number of hydrogen-bond donors (Lipinski definition) is 1. The summed E-state index contributed by atoms with van der Waals surface area (Å²) < 4.78 is 21.9. The molecule has 0 saturated heterocycles. The summed E-state index contributed by atoms with van der Waals surface area (Å²) in [5, 5.41) is 1.01. The maximum atomic E-state index is 13.2. The minimum Gasteiger partial charge on any atom is -0.459 e. The molecule has 2 aromatic carbocycles. The number of esters is 2. The molecule has 3 rings (SSSR count). The van der Waals surface area contributed by atoms with Crippen LogP contribution >= 0.6 is 0 Å². The predicted octanol–water partition coefficient (Wildman–Crippen LogP) is 5.71. The zero-order chi connectivity index (χ0) is 30.9. The Labute approximate surface area is 246 Å². The van der Waals surface area contributed by atoms with Gasteiger partial charge in [-0.3, -0.25) is 9.59 Å². The fourth-order valence-corrected chi connectivity index (χ4v) is 4.23. The molecule has 0 aromatic heterocycles. The molecule has 226 valence electrons. The van der Waals surface area contributed by atoms with Crippen molar-refractivity contribution < 1.29 is 38.1 Å². The molecule has 0 radical (unpaired) electrons. The highest BCUT2D eigenvalue weighted by atomic mass is 16.6. The number of carbonyl (C=O) groups excluding carboxylic acids is 4. The van der Waals surface area contributed by atoms with E-state index in [0.717, 1.165) is 16.1 Å². The number of benzene rings is 2. The number of nitrogens with zero attached hydrogens (tertiary/aromatic N) is 1. The average Bonchev–Trinajstić information content (AvgIpc) is 3.37. The second-order valence-corrected chi connectivity index (χ2v) is 12.0. The largest absolute Gasteiger partial charge is 0.459 e. The number of hydrogen-bond acceptors (Lipinski definition) is 8. The minimum absolute atomic E-state index is 0.0118. The number of carbonyl (C=O) groups is 4. The zero-order valence-electron chi connectivity index (χ0n) is 25.0. The molecule has 1 N–H and O–H groups in total. The van der Waals surface area contributed by atoms with Crippen LogP contribution in [-0.2, 0) is 41.8 Å². The zero-order valence-corrected chi connectivity index (χ0v) is 25.0. The van der Waals surface area contributed by atoms with E-state index in [4.69, 9.17) is 18.9 Å². The smallest absolute Gasteiger partial charge is 0.429 e. The van der Waals surface area contributed by atoms with Crippen molar-refractivity contribution in [2.45, 2.75) is 78.4 Å². The van der Waals surface area contributed by atoms with Crippen molar-refractivity contribution in [3.63, 3.8) is 0 Å². The van der Waals surface area contributed by atoms with Gasteiger partial charge in [-0.1, -0.05) is 72.8 Å². The van der Waals surface area contributed by atoms with Gasteiger partial charge in [-0.15, -0.1) is 0 Å². The minimum atomic E-state index is -1.28. The van der Waals surface area contributed by atoms with Gasteiger partial charge in [-0.05, 0) is 59.1 Å². The van der Waals surface area contributed by atoms with Crippen LogP contribution < -0.4 is 5.43 Å². The van der Waals surface area contributed by atoms with Crippen molar-refractivity contribution in [2.24, 2.45) is 11.8 Å². The maximum absolute atomic E-state index is 13.2. The number of ether oxygens (including phenoxy) is 4. The number of amides is 2. The average molecular weight is 581 g/mol. The van der Waals surface area contributed by atoms with Crippen LogP contribution in [-0.4, -0.2) is 46.4 Å². The summed E-state index contributed by atoms with van der Waals surface area (Å²) >= 11 is 0. The predicted molar refractivity (Wildman–Crippen MR) is 154 cm³/mol. The number of rotatable bonds is 8. The summed E-state index contributed by atoms with van der Waals surface area (Å²) in [7, 11) is 0. The van der Waals surface area contributed by atoms with Crippen LogP contribution in [0.3, 0.4) is 0 Å². The van der Waals surface area contributed by atoms with Crippen LogP contribution in [0.1, 0.15) is 59.1 Å². The Bertz CT molecular complexity index is 1220. The van der Waals surface area contributed by atoms with Gasteiger partial charge in [0.05, 0.1) is 6.04 Å². The van der Waals surface area contributed by atoms with Crippen molar-refractivity contribution in [3.05, 3.63) is 83.9 Å². The number of nitrogens with one attached hydrogen (secondary N) is 1. The summed E-state index contributed by atoms with van der Waals surface area (Å²) in [6, 6.07) is 17.4. The topological polar surface area (TPSA) is 120 Å². The summed E-state index contributed by atoms with van der Waals surface area (Å²) in [6.07, 6.45) is 1.69. The van der Waals surface area contributed by atoms with Gasteiger partial charge in [0, 0.05) is 5.92 Å². The highest BCUT2D eigenvalue weighted by Gasteiger charge is 2.44. The van der Waals surface area contributed by atoms with Crippen LogP contribution in [0.25, 0.3) is 0 Å². The van der Waals surface area contributed by atoms with E-state index in [1.807, 2.05) is 36.4 Å². The molecule has 0 aliphatic heterocycles. The molecule has 0 bridgehead atoms. The van der Waals surface area contributed by atoms with Crippen molar-refractivity contribution in [1.82, 2.24) is 10.4 Å². The Morgan fingerprint density at radius 3 is 1.71 bits per heavy atom. The number of hydrazine groups is 1. The fraction of sp³-hybridized carbons (Fsp3) is 0.438. The summed E-state index contributed by atoms with van der Waals surface area (Å²) in [5.74, 6) is -3.43. The van der Waals surface area contributed by atoms with E-state index in [0.29, 0.717) is 0 Å². The monoisotopic (exact) mass is 580 g/mol. The molecule has 1 aliphatic carbocycles. The number of allylic oxidation sites excluding steroid dienone is 1. The molecular weight excluding hydrogens is 540 g/mol. The molecule has 42 heavy (non-hydrogen) atoms. The summed E-state index contributed by atoms with van der Waals surface area (Å²) in [6.45, 7) is 10.2. The first-order valence-corrected chi connectivity index (χ1v) is 13.8. The lowest BCUT2D eigenvalue weighted by atomic mass is 9.90. The van der Waals surface area contributed by atoms with E-state index >= 15 is 0 Å². The second-order valence-electron chi connectivity index (χ2n) is 12.0. The van der Waals surface area contributed by atoms with Gasteiger partial charge >= 0.3 is 24.1 Å². The SMILES string of the molecule is CC(C)(C)OC(=O)C(C(=O)OC(C)(C)C)[C@H]1C=C[C@@H](N(NC(=O)OCc2ccccc2)C(=O)OCc2ccccc2)C1. The Hall–Kier alpha value is -4.34. The fourth-order valence-electron chi connectivity index (χ4n) is 4.23. The highest BCUT2D eigenvalue weighted by molar-refractivity contribution is 5.96. The first-order valence-electron chi connectivity index (χ1n) is 13.8. The van der Waals surface area contributed by atoms with Gasteiger partial charge in [-0.25, -0.2) is 20.0 Å². The first kappa shape index (κ1) is 32.2.